The fraction of sp³-hybridized carbons (Fsp3) is 0.500. The Hall–Kier alpha value is -2.18. The average Bonchev–Trinajstić information content (AvgIpc) is 2.74. The van der Waals surface area contributed by atoms with Gasteiger partial charge in [-0.2, -0.15) is 0 Å². The first kappa shape index (κ1) is 17.2. The van der Waals surface area contributed by atoms with Gasteiger partial charge in [-0.3, -0.25) is 9.80 Å². The summed E-state index contributed by atoms with van der Waals surface area (Å²) >= 11 is 0. The van der Waals surface area contributed by atoms with Crippen LogP contribution in [0.1, 0.15) is 0 Å². The Morgan fingerprint density at radius 3 is 1.73 bits per heavy atom. The molecule has 6 nitrogen and oxygen atoms in total. The van der Waals surface area contributed by atoms with Gasteiger partial charge in [-0.1, -0.05) is 18.2 Å². The molecule has 0 radical (unpaired) electrons. The van der Waals surface area contributed by atoms with E-state index in [4.69, 9.17) is 0 Å². The van der Waals surface area contributed by atoms with E-state index in [-0.39, 0.29) is 0 Å². The molecule has 1 aromatic heterocycles. The van der Waals surface area contributed by atoms with Gasteiger partial charge >= 0.3 is 0 Å². The van der Waals surface area contributed by atoms with Gasteiger partial charge in [0.15, 0.2) is 0 Å². The average molecular weight is 352 g/mol. The van der Waals surface area contributed by atoms with Crippen LogP contribution < -0.4 is 9.80 Å². The fourth-order valence-electron chi connectivity index (χ4n) is 3.78. The minimum Gasteiger partial charge on any atom is -0.369 e. The Kier molecular flexibility index (Phi) is 5.62. The Balaban J connectivity index is 1.17. The predicted molar refractivity (Wildman–Crippen MR) is 106 cm³/mol. The summed E-state index contributed by atoms with van der Waals surface area (Å²) < 4.78 is 0. The van der Waals surface area contributed by atoms with Gasteiger partial charge in [0.25, 0.3) is 0 Å². The van der Waals surface area contributed by atoms with E-state index in [2.05, 4.69) is 59.9 Å². The first-order valence-electron chi connectivity index (χ1n) is 9.65. The van der Waals surface area contributed by atoms with Gasteiger partial charge in [-0.05, 0) is 18.2 Å². The summed E-state index contributed by atoms with van der Waals surface area (Å²) in [5.74, 6) is 0.865. The summed E-state index contributed by atoms with van der Waals surface area (Å²) in [6, 6.07) is 12.6. The zero-order valence-corrected chi connectivity index (χ0v) is 15.4. The van der Waals surface area contributed by atoms with Crippen LogP contribution in [0.25, 0.3) is 0 Å². The molecule has 4 rings (SSSR count). The second-order valence-electron chi connectivity index (χ2n) is 7.04. The van der Waals surface area contributed by atoms with Crippen molar-refractivity contribution in [1.29, 1.82) is 0 Å². The normalized spacial score (nSPS) is 19.7. The van der Waals surface area contributed by atoms with Gasteiger partial charge in [0.1, 0.15) is 0 Å². The zero-order valence-electron chi connectivity index (χ0n) is 15.4. The predicted octanol–water partition coefficient (Wildman–Crippen LogP) is 1.42. The van der Waals surface area contributed by atoms with E-state index in [0.29, 0.717) is 0 Å². The summed E-state index contributed by atoms with van der Waals surface area (Å²) in [5.41, 5.74) is 1.35. The van der Waals surface area contributed by atoms with Crippen molar-refractivity contribution in [1.82, 2.24) is 19.8 Å². The number of hydrogen-bond donors (Lipinski definition) is 0. The number of hydrogen-bond acceptors (Lipinski definition) is 6. The fourth-order valence-corrected chi connectivity index (χ4v) is 3.78. The molecule has 2 aliphatic heterocycles. The number of aromatic nitrogens is 2. The summed E-state index contributed by atoms with van der Waals surface area (Å²) in [4.78, 5) is 18.7. The van der Waals surface area contributed by atoms with Crippen molar-refractivity contribution in [3.63, 3.8) is 0 Å². The van der Waals surface area contributed by atoms with Crippen LogP contribution in [0.5, 0.6) is 0 Å². The van der Waals surface area contributed by atoms with Crippen molar-refractivity contribution in [2.45, 2.75) is 0 Å². The zero-order chi connectivity index (χ0) is 17.6. The van der Waals surface area contributed by atoms with Crippen LogP contribution in [-0.2, 0) is 0 Å². The molecule has 2 fully saturated rings. The van der Waals surface area contributed by atoms with Crippen molar-refractivity contribution in [2.24, 2.45) is 0 Å². The topological polar surface area (TPSA) is 38.7 Å². The minimum atomic E-state index is 0.865. The van der Waals surface area contributed by atoms with E-state index in [0.717, 1.165) is 64.9 Å². The molecule has 0 amide bonds. The van der Waals surface area contributed by atoms with E-state index >= 15 is 0 Å². The molecule has 0 spiro atoms. The van der Waals surface area contributed by atoms with Crippen molar-refractivity contribution in [2.75, 3.05) is 75.2 Å². The highest BCUT2D eigenvalue weighted by molar-refractivity contribution is 5.46. The molecule has 26 heavy (non-hydrogen) atoms. The van der Waals surface area contributed by atoms with E-state index in [1.807, 2.05) is 18.5 Å². The molecule has 1 aromatic carbocycles. The van der Waals surface area contributed by atoms with Crippen LogP contribution >= 0.6 is 0 Å². The second kappa shape index (κ2) is 8.47. The number of anilines is 2. The van der Waals surface area contributed by atoms with E-state index in [9.17, 15) is 0 Å². The van der Waals surface area contributed by atoms with Gasteiger partial charge in [-0.15, -0.1) is 0 Å². The minimum absolute atomic E-state index is 0.865. The van der Waals surface area contributed by atoms with Gasteiger partial charge < -0.3 is 9.80 Å². The van der Waals surface area contributed by atoms with E-state index in [1.54, 1.807) is 0 Å². The highest BCUT2D eigenvalue weighted by Crippen LogP contribution is 2.15. The molecular formula is C20H28N6. The van der Waals surface area contributed by atoms with Gasteiger partial charge in [0, 0.05) is 83.5 Å². The Bertz CT molecular complexity index is 589. The lowest BCUT2D eigenvalue weighted by molar-refractivity contribution is 0.190. The first-order valence-corrected chi connectivity index (χ1v) is 9.65. The monoisotopic (exact) mass is 352 g/mol. The van der Waals surface area contributed by atoms with Gasteiger partial charge in [0.05, 0.1) is 0 Å². The Morgan fingerprint density at radius 2 is 1.15 bits per heavy atom. The third-order valence-corrected chi connectivity index (χ3v) is 5.43. The molecule has 0 atom stereocenters. The Labute approximate surface area is 156 Å². The van der Waals surface area contributed by atoms with Gasteiger partial charge in [-0.25, -0.2) is 9.97 Å². The smallest absolute Gasteiger partial charge is 0.225 e. The number of benzene rings is 1. The lowest BCUT2D eigenvalue weighted by atomic mass is 10.2. The third-order valence-electron chi connectivity index (χ3n) is 5.43. The maximum absolute atomic E-state index is 4.36. The van der Waals surface area contributed by atoms with Gasteiger partial charge in [0.2, 0.25) is 5.95 Å². The molecule has 0 N–H and O–H groups in total. The molecule has 0 saturated carbocycles. The van der Waals surface area contributed by atoms with Crippen molar-refractivity contribution in [3.05, 3.63) is 48.8 Å². The molecule has 2 aliphatic rings. The summed E-state index contributed by atoms with van der Waals surface area (Å²) in [7, 11) is 0. The Morgan fingerprint density at radius 1 is 0.615 bits per heavy atom. The molecule has 6 heteroatoms. The summed E-state index contributed by atoms with van der Waals surface area (Å²) in [6.07, 6.45) is 3.65. The third kappa shape index (κ3) is 4.31. The van der Waals surface area contributed by atoms with Crippen LogP contribution in [0.2, 0.25) is 0 Å². The molecule has 0 aliphatic carbocycles. The number of rotatable bonds is 5. The number of nitrogens with zero attached hydrogens (tertiary/aromatic N) is 6. The van der Waals surface area contributed by atoms with Crippen LogP contribution in [0, 0.1) is 0 Å². The molecule has 3 heterocycles. The molecule has 0 bridgehead atoms. The van der Waals surface area contributed by atoms with E-state index < -0.39 is 0 Å². The standard InChI is InChI=1S/C20H28N6/c1-2-5-19(6-3-1)25-15-11-23(12-16-25)9-10-24-13-17-26(18-14-24)20-21-7-4-8-22-20/h1-8H,9-18H2. The molecule has 0 unspecified atom stereocenters. The summed E-state index contributed by atoms with van der Waals surface area (Å²) in [6.45, 7) is 11.1. The van der Waals surface area contributed by atoms with Crippen molar-refractivity contribution >= 4 is 11.6 Å². The molecule has 2 saturated heterocycles. The van der Waals surface area contributed by atoms with Crippen molar-refractivity contribution < 1.29 is 0 Å². The highest BCUT2D eigenvalue weighted by atomic mass is 15.3. The quantitative estimate of drug-likeness (QED) is 0.810. The number of para-hydroxylation sites is 1. The SMILES string of the molecule is c1ccc(N2CCN(CCN3CCN(c4ncccn4)CC3)CC2)cc1. The second-order valence-corrected chi connectivity index (χ2v) is 7.04. The maximum atomic E-state index is 4.36. The lowest BCUT2D eigenvalue weighted by Gasteiger charge is -2.38. The maximum Gasteiger partial charge on any atom is 0.225 e. The van der Waals surface area contributed by atoms with Crippen LogP contribution in [0.4, 0.5) is 11.6 Å². The largest absolute Gasteiger partial charge is 0.369 e. The molecule has 2 aromatic rings. The van der Waals surface area contributed by atoms with Crippen LogP contribution in [0.3, 0.4) is 0 Å². The molecular weight excluding hydrogens is 324 g/mol. The highest BCUT2D eigenvalue weighted by Gasteiger charge is 2.21. The van der Waals surface area contributed by atoms with Crippen molar-refractivity contribution in [3.8, 4) is 0 Å². The lowest BCUT2D eigenvalue weighted by Crippen LogP contribution is -2.51. The van der Waals surface area contributed by atoms with E-state index in [1.165, 1.54) is 12.2 Å². The number of piperazine rings is 2. The molecule has 138 valence electrons. The van der Waals surface area contributed by atoms with Crippen LogP contribution in [-0.4, -0.2) is 85.2 Å². The first-order chi connectivity index (χ1) is 12.9. The van der Waals surface area contributed by atoms with Crippen LogP contribution in [0.15, 0.2) is 48.8 Å². The summed E-state index contributed by atoms with van der Waals surface area (Å²) in [5, 5.41) is 0.